The van der Waals surface area contributed by atoms with Gasteiger partial charge in [0.15, 0.2) is 5.13 Å². The zero-order valence-electron chi connectivity index (χ0n) is 12.3. The molecule has 1 aromatic carbocycles. The van der Waals surface area contributed by atoms with Crippen LogP contribution in [-0.4, -0.2) is 34.2 Å². The minimum atomic E-state index is -0.406. The summed E-state index contributed by atoms with van der Waals surface area (Å²) < 4.78 is 0.992. The number of hydrogen-bond acceptors (Lipinski definition) is 5. The molecule has 114 valence electrons. The van der Waals surface area contributed by atoms with E-state index in [1.165, 1.54) is 16.9 Å². The molecule has 0 bridgehead atoms. The Morgan fingerprint density at radius 3 is 2.55 bits per heavy atom. The van der Waals surface area contributed by atoms with Gasteiger partial charge in [0.25, 0.3) is 0 Å². The Bertz CT molecular complexity index is 742. The maximum Gasteiger partial charge on any atom is 0.246 e. The number of benzene rings is 1. The molecule has 1 fully saturated rings. The molecule has 0 spiro atoms. The van der Waals surface area contributed by atoms with E-state index in [0.717, 1.165) is 20.7 Å². The highest BCUT2D eigenvalue weighted by Gasteiger charge is 2.30. The summed E-state index contributed by atoms with van der Waals surface area (Å²) in [7, 11) is 0. The highest BCUT2D eigenvalue weighted by molar-refractivity contribution is 7.22. The van der Waals surface area contributed by atoms with Crippen LogP contribution in [0.3, 0.4) is 0 Å². The molecular weight excluding hydrogens is 302 g/mol. The fourth-order valence-corrected chi connectivity index (χ4v) is 3.30. The van der Waals surface area contributed by atoms with Gasteiger partial charge in [-0.25, -0.2) is 4.98 Å². The van der Waals surface area contributed by atoms with Gasteiger partial charge in [0.05, 0.1) is 10.2 Å². The van der Waals surface area contributed by atoms with Crippen molar-refractivity contribution in [1.29, 1.82) is 0 Å². The number of imide groups is 1. The van der Waals surface area contributed by atoms with Crippen molar-refractivity contribution in [2.45, 2.75) is 26.7 Å². The van der Waals surface area contributed by atoms with Gasteiger partial charge in [-0.2, -0.15) is 0 Å². The van der Waals surface area contributed by atoms with Gasteiger partial charge >= 0.3 is 0 Å². The Labute approximate surface area is 131 Å². The molecule has 0 atom stereocenters. The Balaban J connectivity index is 1.74. The number of anilines is 1. The van der Waals surface area contributed by atoms with Crippen LogP contribution in [0.25, 0.3) is 10.2 Å². The highest BCUT2D eigenvalue weighted by atomic mass is 32.1. The summed E-state index contributed by atoms with van der Waals surface area (Å²) in [5, 5.41) is 3.14. The first-order valence-electron chi connectivity index (χ1n) is 6.95. The molecule has 1 aromatic heterocycles. The standard InChI is InChI=1S/C15H15N3O3S/c1-8-5-10-11(6-9(8)2)22-15(16-10)17-12(19)7-18-13(20)3-4-14(18)21/h5-6H,3-4,7H2,1-2H3,(H,16,17,19). The molecule has 0 saturated carbocycles. The zero-order valence-corrected chi connectivity index (χ0v) is 13.1. The van der Waals surface area contributed by atoms with E-state index in [1.807, 2.05) is 26.0 Å². The van der Waals surface area contributed by atoms with E-state index < -0.39 is 5.91 Å². The van der Waals surface area contributed by atoms with E-state index in [1.54, 1.807) is 0 Å². The number of carbonyl (C=O) groups excluding carboxylic acids is 3. The molecular formula is C15H15N3O3S. The van der Waals surface area contributed by atoms with Crippen molar-refractivity contribution in [1.82, 2.24) is 9.88 Å². The molecule has 3 rings (SSSR count). The third-order valence-electron chi connectivity index (χ3n) is 3.71. The highest BCUT2D eigenvalue weighted by Crippen LogP contribution is 2.28. The molecule has 6 nitrogen and oxygen atoms in total. The van der Waals surface area contributed by atoms with Crippen LogP contribution in [0, 0.1) is 13.8 Å². The summed E-state index contributed by atoms with van der Waals surface area (Å²) in [6.07, 6.45) is 0.373. The van der Waals surface area contributed by atoms with Crippen LogP contribution >= 0.6 is 11.3 Å². The Hall–Kier alpha value is -2.28. The normalized spacial score (nSPS) is 14.9. The van der Waals surface area contributed by atoms with Gasteiger partial charge < -0.3 is 5.32 Å². The molecule has 2 heterocycles. The Morgan fingerprint density at radius 1 is 1.23 bits per heavy atom. The predicted molar refractivity (Wildman–Crippen MR) is 83.7 cm³/mol. The second kappa shape index (κ2) is 5.49. The molecule has 0 radical (unpaired) electrons. The maximum absolute atomic E-state index is 12.0. The number of aryl methyl sites for hydroxylation is 2. The minimum Gasteiger partial charge on any atom is -0.300 e. The van der Waals surface area contributed by atoms with Crippen LogP contribution in [0.1, 0.15) is 24.0 Å². The van der Waals surface area contributed by atoms with Gasteiger partial charge in [-0.3, -0.25) is 19.3 Å². The predicted octanol–water partition coefficient (Wildman–Crippen LogP) is 2.00. The smallest absolute Gasteiger partial charge is 0.246 e. The van der Waals surface area contributed by atoms with Crippen LogP contribution in [0.5, 0.6) is 0 Å². The van der Waals surface area contributed by atoms with Gasteiger partial charge in [-0.15, -0.1) is 0 Å². The number of rotatable bonds is 3. The SMILES string of the molecule is Cc1cc2nc(NC(=O)CN3C(=O)CCC3=O)sc2cc1C. The summed E-state index contributed by atoms with van der Waals surface area (Å²) in [6, 6.07) is 4.01. The van der Waals surface area contributed by atoms with Crippen LogP contribution in [0.2, 0.25) is 0 Å². The minimum absolute atomic E-state index is 0.186. The van der Waals surface area contributed by atoms with Crippen LogP contribution in [0.15, 0.2) is 12.1 Å². The molecule has 1 aliphatic rings. The van der Waals surface area contributed by atoms with Gasteiger partial charge in [0.2, 0.25) is 17.7 Å². The second-order valence-corrected chi connectivity index (χ2v) is 6.38. The Morgan fingerprint density at radius 2 is 1.86 bits per heavy atom. The largest absolute Gasteiger partial charge is 0.300 e. The van der Waals surface area contributed by atoms with Crippen molar-refractivity contribution in [3.63, 3.8) is 0 Å². The van der Waals surface area contributed by atoms with Crippen molar-refractivity contribution in [2.75, 3.05) is 11.9 Å². The lowest BCUT2D eigenvalue weighted by Crippen LogP contribution is -2.36. The quantitative estimate of drug-likeness (QED) is 0.878. The van der Waals surface area contributed by atoms with E-state index >= 15 is 0 Å². The number of amides is 3. The topological polar surface area (TPSA) is 79.4 Å². The molecule has 1 aliphatic heterocycles. The van der Waals surface area contributed by atoms with Crippen molar-refractivity contribution in [3.05, 3.63) is 23.3 Å². The van der Waals surface area contributed by atoms with Gasteiger partial charge in [-0.05, 0) is 37.1 Å². The van der Waals surface area contributed by atoms with E-state index in [-0.39, 0.29) is 31.2 Å². The molecule has 1 saturated heterocycles. The lowest BCUT2D eigenvalue weighted by atomic mass is 10.1. The summed E-state index contributed by atoms with van der Waals surface area (Å²) in [5.41, 5.74) is 3.14. The maximum atomic E-state index is 12.0. The van der Waals surface area contributed by atoms with Crippen LogP contribution in [0.4, 0.5) is 5.13 Å². The number of nitrogens with one attached hydrogen (secondary N) is 1. The number of likely N-dealkylation sites (tertiary alicyclic amines) is 1. The summed E-state index contributed by atoms with van der Waals surface area (Å²) in [6.45, 7) is 3.79. The fraction of sp³-hybridized carbons (Fsp3) is 0.333. The molecule has 0 unspecified atom stereocenters. The fourth-order valence-electron chi connectivity index (χ4n) is 2.34. The Kier molecular flexibility index (Phi) is 3.66. The molecule has 3 amide bonds. The number of fused-ring (bicyclic) bond motifs is 1. The number of nitrogens with zero attached hydrogens (tertiary/aromatic N) is 2. The first kappa shape index (κ1) is 14.6. The van der Waals surface area contributed by atoms with Gasteiger partial charge in [-0.1, -0.05) is 11.3 Å². The monoisotopic (exact) mass is 317 g/mol. The van der Waals surface area contributed by atoms with E-state index in [9.17, 15) is 14.4 Å². The number of carbonyl (C=O) groups is 3. The van der Waals surface area contributed by atoms with Crippen molar-refractivity contribution < 1.29 is 14.4 Å². The summed E-state index contributed by atoms with van der Waals surface area (Å²) >= 11 is 1.38. The lowest BCUT2D eigenvalue weighted by Gasteiger charge is -2.12. The molecule has 2 aromatic rings. The van der Waals surface area contributed by atoms with E-state index in [0.29, 0.717) is 5.13 Å². The number of thiazole rings is 1. The number of hydrogen-bond donors (Lipinski definition) is 1. The van der Waals surface area contributed by atoms with Gasteiger partial charge in [0, 0.05) is 12.8 Å². The van der Waals surface area contributed by atoms with Crippen molar-refractivity contribution in [2.24, 2.45) is 0 Å². The van der Waals surface area contributed by atoms with E-state index in [4.69, 9.17) is 0 Å². The van der Waals surface area contributed by atoms with Crippen molar-refractivity contribution >= 4 is 44.4 Å². The summed E-state index contributed by atoms with van der Waals surface area (Å²) in [4.78, 5) is 40.3. The molecule has 22 heavy (non-hydrogen) atoms. The second-order valence-electron chi connectivity index (χ2n) is 5.35. The average molecular weight is 317 g/mol. The van der Waals surface area contributed by atoms with E-state index in [2.05, 4.69) is 10.3 Å². The molecule has 0 aliphatic carbocycles. The molecule has 1 N–H and O–H groups in total. The lowest BCUT2D eigenvalue weighted by molar-refractivity contribution is -0.141. The zero-order chi connectivity index (χ0) is 15.9. The van der Waals surface area contributed by atoms with Gasteiger partial charge in [0.1, 0.15) is 6.54 Å². The van der Waals surface area contributed by atoms with Crippen LogP contribution < -0.4 is 5.32 Å². The third-order valence-corrected chi connectivity index (χ3v) is 4.64. The third kappa shape index (κ3) is 2.71. The summed E-state index contributed by atoms with van der Waals surface area (Å²) in [5.74, 6) is -0.998. The van der Waals surface area contributed by atoms with Crippen molar-refractivity contribution in [3.8, 4) is 0 Å². The molecule has 7 heteroatoms. The van der Waals surface area contributed by atoms with Crippen LogP contribution in [-0.2, 0) is 14.4 Å². The first-order chi connectivity index (χ1) is 10.4. The first-order valence-corrected chi connectivity index (χ1v) is 7.76. The average Bonchev–Trinajstić information content (AvgIpc) is 2.96. The number of aromatic nitrogens is 1.